The Morgan fingerprint density at radius 3 is 2.77 bits per heavy atom. The molecule has 76 valence electrons. The second kappa shape index (κ2) is 4.86. The van der Waals surface area contributed by atoms with Crippen molar-refractivity contribution in [1.29, 1.82) is 0 Å². The van der Waals surface area contributed by atoms with Crippen LogP contribution in [0.5, 0.6) is 0 Å². The Kier molecular flexibility index (Phi) is 4.06. The summed E-state index contributed by atoms with van der Waals surface area (Å²) in [5.74, 6) is 1.20. The molecule has 0 aromatic heterocycles. The minimum absolute atomic E-state index is 0.0686. The second-order valence-corrected chi connectivity index (χ2v) is 5.05. The van der Waals surface area contributed by atoms with Crippen LogP contribution >= 0.6 is 11.8 Å². The summed E-state index contributed by atoms with van der Waals surface area (Å²) in [6.45, 7) is 4.14. The van der Waals surface area contributed by atoms with E-state index >= 15 is 0 Å². The lowest BCUT2D eigenvalue weighted by molar-refractivity contribution is -0.122. The van der Waals surface area contributed by atoms with Gasteiger partial charge < -0.3 is 10.6 Å². The number of thioether (sulfide) groups is 1. The van der Waals surface area contributed by atoms with Crippen molar-refractivity contribution >= 4 is 17.7 Å². The summed E-state index contributed by atoms with van der Waals surface area (Å²) in [6.07, 6.45) is 1.17. The van der Waals surface area contributed by atoms with Crippen LogP contribution in [-0.4, -0.2) is 36.0 Å². The molecule has 1 amide bonds. The first-order valence-electron chi connectivity index (χ1n) is 4.72. The van der Waals surface area contributed by atoms with Crippen molar-refractivity contribution in [3.63, 3.8) is 0 Å². The maximum Gasteiger partial charge on any atom is 0.236 e. The van der Waals surface area contributed by atoms with Crippen molar-refractivity contribution in [3.8, 4) is 0 Å². The third kappa shape index (κ3) is 3.19. The minimum atomic E-state index is -0.0686. The molecule has 2 N–H and O–H groups in total. The molecular formula is C9H18N2OS. The second-order valence-electron chi connectivity index (χ2n) is 3.58. The lowest BCUT2D eigenvalue weighted by Crippen LogP contribution is -2.45. The molecule has 0 spiro atoms. The van der Waals surface area contributed by atoms with Gasteiger partial charge in [0.2, 0.25) is 5.91 Å². The maximum atomic E-state index is 11.2. The first-order valence-corrected chi connectivity index (χ1v) is 5.77. The zero-order valence-corrected chi connectivity index (χ0v) is 9.28. The lowest BCUT2D eigenvalue weighted by Gasteiger charge is -2.17. The van der Waals surface area contributed by atoms with E-state index in [9.17, 15) is 4.79 Å². The van der Waals surface area contributed by atoms with Gasteiger partial charge in [-0.3, -0.25) is 4.79 Å². The molecule has 1 saturated heterocycles. The van der Waals surface area contributed by atoms with E-state index in [0.717, 1.165) is 11.0 Å². The Labute approximate surface area is 84.0 Å². The van der Waals surface area contributed by atoms with E-state index in [1.54, 1.807) is 7.05 Å². The standard InChI is InChI=1S/C9H18N2OS/c1-6-4-8(5-13-6)11-7(2)9(12)10-3/h6-8,11H,4-5H2,1-3H3,(H,10,12). The van der Waals surface area contributed by atoms with E-state index in [1.165, 1.54) is 6.42 Å². The molecule has 13 heavy (non-hydrogen) atoms. The van der Waals surface area contributed by atoms with E-state index in [-0.39, 0.29) is 11.9 Å². The monoisotopic (exact) mass is 202 g/mol. The van der Waals surface area contributed by atoms with Crippen molar-refractivity contribution in [2.24, 2.45) is 0 Å². The first kappa shape index (κ1) is 10.9. The Morgan fingerprint density at radius 2 is 2.31 bits per heavy atom. The van der Waals surface area contributed by atoms with Crippen molar-refractivity contribution < 1.29 is 4.79 Å². The Balaban J connectivity index is 2.28. The summed E-state index contributed by atoms with van der Waals surface area (Å²) in [5.41, 5.74) is 0. The highest BCUT2D eigenvalue weighted by molar-refractivity contribution is 8.00. The van der Waals surface area contributed by atoms with E-state index in [0.29, 0.717) is 6.04 Å². The number of rotatable bonds is 3. The molecule has 0 aliphatic carbocycles. The van der Waals surface area contributed by atoms with Gasteiger partial charge >= 0.3 is 0 Å². The molecule has 1 aliphatic rings. The molecule has 0 aromatic rings. The average molecular weight is 202 g/mol. The van der Waals surface area contributed by atoms with Gasteiger partial charge in [-0.05, 0) is 13.3 Å². The smallest absolute Gasteiger partial charge is 0.236 e. The Morgan fingerprint density at radius 1 is 1.62 bits per heavy atom. The van der Waals surface area contributed by atoms with Gasteiger partial charge in [0.05, 0.1) is 6.04 Å². The molecule has 0 saturated carbocycles. The van der Waals surface area contributed by atoms with Gasteiger partial charge in [0.1, 0.15) is 0 Å². The van der Waals surface area contributed by atoms with Crippen molar-refractivity contribution in [2.75, 3.05) is 12.8 Å². The van der Waals surface area contributed by atoms with Crippen LogP contribution in [0.3, 0.4) is 0 Å². The molecule has 3 atom stereocenters. The van der Waals surface area contributed by atoms with Crippen LogP contribution in [0.1, 0.15) is 20.3 Å². The van der Waals surface area contributed by atoms with E-state index in [4.69, 9.17) is 0 Å². The maximum absolute atomic E-state index is 11.2. The van der Waals surface area contributed by atoms with Crippen LogP contribution < -0.4 is 10.6 Å². The van der Waals surface area contributed by atoms with Gasteiger partial charge in [-0.1, -0.05) is 6.92 Å². The van der Waals surface area contributed by atoms with Crippen molar-refractivity contribution in [2.45, 2.75) is 37.6 Å². The summed E-state index contributed by atoms with van der Waals surface area (Å²) >= 11 is 1.97. The number of carbonyl (C=O) groups is 1. The van der Waals surface area contributed by atoms with Crippen LogP contribution in [0.2, 0.25) is 0 Å². The highest BCUT2D eigenvalue weighted by atomic mass is 32.2. The molecule has 0 aromatic carbocycles. The topological polar surface area (TPSA) is 41.1 Å². The van der Waals surface area contributed by atoms with Gasteiger partial charge in [0.15, 0.2) is 0 Å². The number of amides is 1. The summed E-state index contributed by atoms with van der Waals surface area (Å²) in [5, 5.41) is 6.70. The number of nitrogens with one attached hydrogen (secondary N) is 2. The molecular weight excluding hydrogens is 184 g/mol. The predicted octanol–water partition coefficient (Wildman–Crippen LogP) is 0.604. The van der Waals surface area contributed by atoms with E-state index in [1.807, 2.05) is 18.7 Å². The number of hydrogen-bond acceptors (Lipinski definition) is 3. The van der Waals surface area contributed by atoms with E-state index < -0.39 is 0 Å². The first-order chi connectivity index (χ1) is 6.13. The predicted molar refractivity (Wildman–Crippen MR) is 57.0 cm³/mol. The normalized spacial score (nSPS) is 30.1. The molecule has 1 heterocycles. The van der Waals surface area contributed by atoms with Crippen LogP contribution in [0, 0.1) is 0 Å². The molecule has 3 unspecified atom stereocenters. The summed E-state index contributed by atoms with van der Waals surface area (Å²) in [6, 6.07) is 0.438. The van der Waals surface area contributed by atoms with Crippen LogP contribution in [0.15, 0.2) is 0 Å². The van der Waals surface area contributed by atoms with Gasteiger partial charge in [-0.15, -0.1) is 0 Å². The molecule has 1 rings (SSSR count). The number of likely N-dealkylation sites (N-methyl/N-ethyl adjacent to an activating group) is 1. The van der Waals surface area contributed by atoms with Crippen molar-refractivity contribution in [1.82, 2.24) is 10.6 Å². The summed E-state index contributed by atoms with van der Waals surface area (Å²) < 4.78 is 0. The van der Waals surface area contributed by atoms with Gasteiger partial charge in [-0.25, -0.2) is 0 Å². The van der Waals surface area contributed by atoms with Crippen molar-refractivity contribution in [3.05, 3.63) is 0 Å². The number of carbonyl (C=O) groups excluding carboxylic acids is 1. The zero-order chi connectivity index (χ0) is 9.84. The molecule has 0 bridgehead atoms. The minimum Gasteiger partial charge on any atom is -0.358 e. The Hall–Kier alpha value is -0.220. The molecule has 4 heteroatoms. The Bertz CT molecular complexity index is 186. The van der Waals surface area contributed by atoms with Gasteiger partial charge in [0, 0.05) is 24.1 Å². The molecule has 3 nitrogen and oxygen atoms in total. The van der Waals surface area contributed by atoms with Gasteiger partial charge in [0.25, 0.3) is 0 Å². The molecule has 0 radical (unpaired) electrons. The summed E-state index contributed by atoms with van der Waals surface area (Å²) in [7, 11) is 1.67. The van der Waals surface area contributed by atoms with E-state index in [2.05, 4.69) is 17.6 Å². The SMILES string of the molecule is CNC(=O)C(C)NC1CSC(C)C1. The lowest BCUT2D eigenvalue weighted by atomic mass is 10.1. The zero-order valence-electron chi connectivity index (χ0n) is 8.46. The highest BCUT2D eigenvalue weighted by Crippen LogP contribution is 2.25. The summed E-state index contributed by atoms with van der Waals surface area (Å²) in [4.78, 5) is 11.2. The van der Waals surface area contributed by atoms with Crippen LogP contribution in [0.25, 0.3) is 0 Å². The fraction of sp³-hybridized carbons (Fsp3) is 0.889. The van der Waals surface area contributed by atoms with Crippen LogP contribution in [-0.2, 0) is 4.79 Å². The fourth-order valence-corrected chi connectivity index (χ4v) is 2.74. The third-order valence-electron chi connectivity index (χ3n) is 2.32. The van der Waals surface area contributed by atoms with Gasteiger partial charge in [-0.2, -0.15) is 11.8 Å². The largest absolute Gasteiger partial charge is 0.358 e. The third-order valence-corrected chi connectivity index (χ3v) is 3.68. The van der Waals surface area contributed by atoms with Crippen LogP contribution in [0.4, 0.5) is 0 Å². The average Bonchev–Trinajstić information content (AvgIpc) is 2.49. The fourth-order valence-electron chi connectivity index (χ4n) is 1.58. The highest BCUT2D eigenvalue weighted by Gasteiger charge is 2.24. The molecule has 1 fully saturated rings. The molecule has 1 aliphatic heterocycles. The number of hydrogen-bond donors (Lipinski definition) is 2. The quantitative estimate of drug-likeness (QED) is 0.704.